The summed E-state index contributed by atoms with van der Waals surface area (Å²) >= 11 is 0. The lowest BCUT2D eigenvalue weighted by Gasteiger charge is -2.37. The van der Waals surface area contributed by atoms with Crippen LogP contribution in [0.4, 0.5) is 5.69 Å². The predicted octanol–water partition coefficient (Wildman–Crippen LogP) is 7.00. The van der Waals surface area contributed by atoms with E-state index in [2.05, 4.69) is 0 Å². The fourth-order valence-electron chi connectivity index (χ4n) is 5.61. The number of methoxy groups -OCH3 is 1. The number of nitrogens with zero attached hydrogens (tertiary/aromatic N) is 1. The molecule has 0 N–H and O–H groups in total. The molecule has 188 valence electrons. The summed E-state index contributed by atoms with van der Waals surface area (Å²) in [5.41, 5.74) is 3.25. The normalized spacial score (nSPS) is 17.6. The number of benzene rings is 5. The molecule has 0 bridgehead atoms. The zero-order valence-corrected chi connectivity index (χ0v) is 21.1. The van der Waals surface area contributed by atoms with Crippen LogP contribution in [0.3, 0.4) is 0 Å². The molecule has 0 aliphatic carbocycles. The Morgan fingerprint density at radius 1 is 0.718 bits per heavy atom. The van der Waals surface area contributed by atoms with E-state index in [0.717, 1.165) is 27.8 Å². The minimum atomic E-state index is -0.917. The molecule has 2 heterocycles. The van der Waals surface area contributed by atoms with Crippen molar-refractivity contribution in [1.29, 1.82) is 0 Å². The zero-order valence-electron chi connectivity index (χ0n) is 21.1. The standard InChI is InChI=1S/C34H23NO4/c1-38-26-17-15-24(16-18-26)34(23-9-4-2-5-10-23)20-19-22-21-29-30-27(31(22)39-34)13-8-14-28(30)32(36)35(33(29)37)25-11-6-3-7-12-25/h2-21H,1H3. The Labute approximate surface area is 225 Å². The molecule has 2 amide bonds. The average molecular weight is 510 g/mol. The maximum absolute atomic E-state index is 13.8. The number of para-hydroxylation sites is 1. The molecule has 1 atom stereocenters. The lowest BCUT2D eigenvalue weighted by Crippen LogP contribution is -2.40. The number of imide groups is 1. The molecule has 2 aliphatic heterocycles. The third-order valence-electron chi connectivity index (χ3n) is 7.50. The Bertz CT molecular complexity index is 1790. The van der Waals surface area contributed by atoms with Gasteiger partial charge in [-0.1, -0.05) is 78.9 Å². The van der Waals surface area contributed by atoms with Crippen molar-refractivity contribution in [3.63, 3.8) is 0 Å². The van der Waals surface area contributed by atoms with E-state index in [1.165, 1.54) is 4.90 Å². The number of ether oxygens (including phenoxy) is 2. The molecular weight excluding hydrogens is 486 g/mol. The first kappa shape index (κ1) is 23.0. The van der Waals surface area contributed by atoms with Crippen molar-refractivity contribution >= 4 is 34.4 Å². The zero-order chi connectivity index (χ0) is 26.6. The molecule has 39 heavy (non-hydrogen) atoms. The van der Waals surface area contributed by atoms with Gasteiger partial charge in [0.2, 0.25) is 0 Å². The van der Waals surface area contributed by atoms with Crippen LogP contribution in [0.2, 0.25) is 0 Å². The second kappa shape index (κ2) is 8.71. The Morgan fingerprint density at radius 2 is 1.38 bits per heavy atom. The van der Waals surface area contributed by atoms with Gasteiger partial charge in [-0.25, -0.2) is 4.90 Å². The van der Waals surface area contributed by atoms with Crippen LogP contribution in [-0.4, -0.2) is 18.9 Å². The molecular formula is C34H23NO4. The van der Waals surface area contributed by atoms with Crippen LogP contribution in [0.25, 0.3) is 16.8 Å². The van der Waals surface area contributed by atoms with E-state index in [-0.39, 0.29) is 11.8 Å². The van der Waals surface area contributed by atoms with Gasteiger partial charge < -0.3 is 9.47 Å². The molecule has 0 saturated heterocycles. The molecule has 0 spiro atoms. The molecule has 5 heteroatoms. The molecule has 7 rings (SSSR count). The van der Waals surface area contributed by atoms with Crippen molar-refractivity contribution in [3.05, 3.63) is 143 Å². The molecule has 0 saturated carbocycles. The summed E-state index contributed by atoms with van der Waals surface area (Å²) in [6.45, 7) is 0. The van der Waals surface area contributed by atoms with Crippen LogP contribution in [0.1, 0.15) is 37.4 Å². The number of hydrogen-bond acceptors (Lipinski definition) is 4. The van der Waals surface area contributed by atoms with Gasteiger partial charge in [0.25, 0.3) is 11.8 Å². The highest BCUT2D eigenvalue weighted by Crippen LogP contribution is 2.47. The van der Waals surface area contributed by atoms with E-state index in [1.54, 1.807) is 25.3 Å². The van der Waals surface area contributed by atoms with Gasteiger partial charge in [0.15, 0.2) is 5.60 Å². The second-order valence-electron chi connectivity index (χ2n) is 9.62. The quantitative estimate of drug-likeness (QED) is 0.245. The van der Waals surface area contributed by atoms with E-state index in [1.807, 2.05) is 103 Å². The van der Waals surface area contributed by atoms with Crippen molar-refractivity contribution in [3.8, 4) is 11.5 Å². The number of rotatable bonds is 4. The van der Waals surface area contributed by atoms with Crippen molar-refractivity contribution < 1.29 is 19.1 Å². The van der Waals surface area contributed by atoms with Gasteiger partial charge in [0.05, 0.1) is 12.8 Å². The first-order chi connectivity index (χ1) is 19.1. The van der Waals surface area contributed by atoms with Crippen molar-refractivity contribution in [2.75, 3.05) is 12.0 Å². The SMILES string of the molecule is COc1ccc(C2(c3ccccc3)C=Cc3cc4c5c(cccc5c3O2)C(=O)N(c2ccccc2)C4=O)cc1. The maximum atomic E-state index is 13.8. The van der Waals surface area contributed by atoms with Gasteiger partial charge >= 0.3 is 0 Å². The van der Waals surface area contributed by atoms with E-state index >= 15 is 0 Å². The Balaban J connectivity index is 1.44. The fourth-order valence-corrected chi connectivity index (χ4v) is 5.61. The smallest absolute Gasteiger partial charge is 0.266 e. The summed E-state index contributed by atoms with van der Waals surface area (Å²) < 4.78 is 12.4. The molecule has 2 aliphatic rings. The second-order valence-corrected chi connectivity index (χ2v) is 9.62. The van der Waals surface area contributed by atoms with E-state index in [4.69, 9.17) is 9.47 Å². The topological polar surface area (TPSA) is 55.8 Å². The summed E-state index contributed by atoms with van der Waals surface area (Å²) in [7, 11) is 1.64. The molecule has 1 unspecified atom stereocenters. The van der Waals surface area contributed by atoms with Gasteiger partial charge in [-0.2, -0.15) is 0 Å². The average Bonchev–Trinajstić information content (AvgIpc) is 3.00. The number of carbonyl (C=O) groups excluding carboxylic acids is 2. The molecule has 0 radical (unpaired) electrons. The van der Waals surface area contributed by atoms with Gasteiger partial charge in [0, 0.05) is 38.6 Å². The highest BCUT2D eigenvalue weighted by atomic mass is 16.5. The molecule has 5 nitrogen and oxygen atoms in total. The fraction of sp³-hybridized carbons (Fsp3) is 0.0588. The highest BCUT2D eigenvalue weighted by Gasteiger charge is 2.40. The minimum absolute atomic E-state index is 0.346. The predicted molar refractivity (Wildman–Crippen MR) is 151 cm³/mol. The van der Waals surface area contributed by atoms with Crippen molar-refractivity contribution in [2.45, 2.75) is 5.60 Å². The van der Waals surface area contributed by atoms with Crippen LogP contribution in [0.15, 0.2) is 115 Å². The molecule has 0 fully saturated rings. The lowest BCUT2D eigenvalue weighted by molar-refractivity contribution is 0.0893. The summed E-state index contributed by atoms with van der Waals surface area (Å²) in [6, 6.07) is 34.3. The van der Waals surface area contributed by atoms with Gasteiger partial charge in [0.1, 0.15) is 11.5 Å². The maximum Gasteiger partial charge on any atom is 0.266 e. The summed E-state index contributed by atoms with van der Waals surface area (Å²) in [4.78, 5) is 28.7. The van der Waals surface area contributed by atoms with Gasteiger partial charge in [-0.3, -0.25) is 9.59 Å². The Morgan fingerprint density at radius 3 is 2.10 bits per heavy atom. The summed E-state index contributed by atoms with van der Waals surface area (Å²) in [5, 5.41) is 1.35. The number of carbonyl (C=O) groups is 2. The van der Waals surface area contributed by atoms with Crippen molar-refractivity contribution in [2.24, 2.45) is 0 Å². The Hall–Kier alpha value is -5.16. The van der Waals surface area contributed by atoms with Crippen LogP contribution >= 0.6 is 0 Å². The minimum Gasteiger partial charge on any atom is -0.497 e. The van der Waals surface area contributed by atoms with Crippen LogP contribution < -0.4 is 14.4 Å². The van der Waals surface area contributed by atoms with Crippen LogP contribution in [0.5, 0.6) is 11.5 Å². The Kier molecular flexibility index (Phi) is 5.13. The van der Waals surface area contributed by atoms with E-state index < -0.39 is 5.60 Å². The summed E-state index contributed by atoms with van der Waals surface area (Å²) in [6.07, 6.45) is 4.04. The number of fused-ring (bicyclic) bond motifs is 2. The third kappa shape index (κ3) is 3.40. The molecule has 0 aromatic heterocycles. The van der Waals surface area contributed by atoms with Crippen molar-refractivity contribution in [1.82, 2.24) is 0 Å². The third-order valence-corrected chi connectivity index (χ3v) is 7.50. The monoisotopic (exact) mass is 509 g/mol. The van der Waals surface area contributed by atoms with Gasteiger partial charge in [-0.15, -0.1) is 0 Å². The first-order valence-corrected chi connectivity index (χ1v) is 12.7. The first-order valence-electron chi connectivity index (χ1n) is 12.7. The summed E-state index contributed by atoms with van der Waals surface area (Å²) in [5.74, 6) is 0.691. The molecule has 5 aromatic rings. The van der Waals surface area contributed by atoms with E-state index in [9.17, 15) is 9.59 Å². The largest absolute Gasteiger partial charge is 0.497 e. The number of amides is 2. The lowest BCUT2D eigenvalue weighted by atomic mass is 9.82. The highest BCUT2D eigenvalue weighted by molar-refractivity contribution is 6.36. The van der Waals surface area contributed by atoms with Crippen LogP contribution in [0, 0.1) is 0 Å². The van der Waals surface area contributed by atoms with E-state index in [0.29, 0.717) is 28.0 Å². The molecule has 5 aromatic carbocycles. The van der Waals surface area contributed by atoms with Crippen LogP contribution in [-0.2, 0) is 5.60 Å². The number of anilines is 1. The number of hydrogen-bond donors (Lipinski definition) is 0. The van der Waals surface area contributed by atoms with Gasteiger partial charge in [-0.05, 0) is 42.5 Å².